The molecule has 166 valence electrons. The minimum absolute atomic E-state index is 0.251. The number of amides is 1. The zero-order valence-corrected chi connectivity index (χ0v) is 21.9. The second kappa shape index (κ2) is 11.4. The summed E-state index contributed by atoms with van der Waals surface area (Å²) in [5.41, 5.74) is 4.37. The van der Waals surface area contributed by atoms with Crippen LogP contribution < -0.4 is 14.9 Å². The average Bonchev–Trinajstić information content (AvgIpc) is 2.78. The first-order valence-corrected chi connectivity index (χ1v) is 11.7. The van der Waals surface area contributed by atoms with Crippen molar-refractivity contribution in [2.24, 2.45) is 5.10 Å². The van der Waals surface area contributed by atoms with Crippen LogP contribution in [0.2, 0.25) is 15.1 Å². The standard InChI is InChI=1S/C22H15Br2Cl3N2O3/c1-31-18-9-14(10-28-29-22(30)13-3-2-4-15(25)8-13)19(23)20(24)21(18)32-11-12-5-6-16(26)17(27)7-12/h2-10H,11H2,1H3,(H,29,30)/b28-10-. The Morgan fingerprint density at radius 1 is 1.06 bits per heavy atom. The molecule has 1 N–H and O–H groups in total. The zero-order valence-electron chi connectivity index (χ0n) is 16.5. The summed E-state index contributed by atoms with van der Waals surface area (Å²) < 4.78 is 12.7. The van der Waals surface area contributed by atoms with E-state index >= 15 is 0 Å². The Bertz CT molecular complexity index is 1190. The van der Waals surface area contributed by atoms with E-state index in [1.165, 1.54) is 13.3 Å². The molecule has 0 aliphatic heterocycles. The minimum atomic E-state index is -0.382. The van der Waals surface area contributed by atoms with Gasteiger partial charge in [-0.15, -0.1) is 0 Å². The van der Waals surface area contributed by atoms with E-state index in [1.807, 2.05) is 6.07 Å². The quantitative estimate of drug-likeness (QED) is 0.219. The molecule has 0 fully saturated rings. The Hall–Kier alpha value is -1.77. The molecule has 0 saturated heterocycles. The molecule has 3 rings (SSSR count). The first-order chi connectivity index (χ1) is 15.3. The molecule has 0 unspecified atom stereocenters. The van der Waals surface area contributed by atoms with Gasteiger partial charge in [0.05, 0.1) is 27.8 Å². The maximum Gasteiger partial charge on any atom is 0.271 e. The van der Waals surface area contributed by atoms with Gasteiger partial charge >= 0.3 is 0 Å². The van der Waals surface area contributed by atoms with Crippen molar-refractivity contribution in [1.29, 1.82) is 0 Å². The molecular formula is C22H15Br2Cl3N2O3. The zero-order chi connectivity index (χ0) is 23.3. The SMILES string of the molecule is COc1cc(/C=N\NC(=O)c2cccc(Cl)c2)c(Br)c(Br)c1OCc1ccc(Cl)c(Cl)c1. The molecule has 0 aliphatic carbocycles. The van der Waals surface area contributed by atoms with Crippen LogP contribution in [-0.4, -0.2) is 19.2 Å². The van der Waals surface area contributed by atoms with Gasteiger partial charge in [0.1, 0.15) is 6.61 Å². The van der Waals surface area contributed by atoms with Gasteiger partial charge in [0.2, 0.25) is 0 Å². The molecule has 0 bridgehead atoms. The highest BCUT2D eigenvalue weighted by Gasteiger charge is 2.17. The molecule has 3 aromatic rings. The van der Waals surface area contributed by atoms with Crippen molar-refractivity contribution < 1.29 is 14.3 Å². The third-order valence-corrected chi connectivity index (χ3v) is 7.32. The first kappa shape index (κ1) is 24.9. The Balaban J connectivity index is 1.76. The number of hydrogen-bond donors (Lipinski definition) is 1. The van der Waals surface area contributed by atoms with Gasteiger partial charge in [0.25, 0.3) is 5.91 Å². The van der Waals surface area contributed by atoms with Crippen molar-refractivity contribution in [3.8, 4) is 11.5 Å². The van der Waals surface area contributed by atoms with Crippen LogP contribution in [0.4, 0.5) is 0 Å². The Morgan fingerprint density at radius 2 is 1.84 bits per heavy atom. The fraction of sp³-hybridized carbons (Fsp3) is 0.0909. The fourth-order valence-electron chi connectivity index (χ4n) is 2.62. The molecule has 1 amide bonds. The van der Waals surface area contributed by atoms with Crippen molar-refractivity contribution in [3.63, 3.8) is 0 Å². The lowest BCUT2D eigenvalue weighted by atomic mass is 10.2. The number of methoxy groups -OCH3 is 1. The summed E-state index contributed by atoms with van der Waals surface area (Å²) in [6, 6.07) is 13.6. The summed E-state index contributed by atoms with van der Waals surface area (Å²) in [4.78, 5) is 12.2. The summed E-state index contributed by atoms with van der Waals surface area (Å²) in [5, 5.41) is 5.42. The second-order valence-corrected chi connectivity index (χ2v) is 9.21. The topological polar surface area (TPSA) is 59.9 Å². The van der Waals surface area contributed by atoms with Crippen molar-refractivity contribution in [3.05, 3.63) is 89.2 Å². The third-order valence-electron chi connectivity index (χ3n) is 4.20. The summed E-state index contributed by atoms with van der Waals surface area (Å²) in [7, 11) is 1.53. The van der Waals surface area contributed by atoms with Gasteiger partial charge in [0, 0.05) is 20.6 Å². The molecule has 5 nitrogen and oxygen atoms in total. The summed E-state index contributed by atoms with van der Waals surface area (Å²) in [5.74, 6) is 0.584. The molecule has 0 heterocycles. The lowest BCUT2D eigenvalue weighted by Crippen LogP contribution is -2.17. The van der Waals surface area contributed by atoms with Crippen LogP contribution in [0.15, 0.2) is 62.6 Å². The largest absolute Gasteiger partial charge is 0.493 e. The predicted molar refractivity (Wildman–Crippen MR) is 136 cm³/mol. The summed E-state index contributed by atoms with van der Waals surface area (Å²) in [6.07, 6.45) is 1.49. The molecule has 0 spiro atoms. The number of ether oxygens (including phenoxy) is 2. The van der Waals surface area contributed by atoms with Crippen LogP contribution >= 0.6 is 66.7 Å². The summed E-state index contributed by atoms with van der Waals surface area (Å²) >= 11 is 25.0. The van der Waals surface area contributed by atoms with Crippen LogP contribution in [0.3, 0.4) is 0 Å². The first-order valence-electron chi connectivity index (χ1n) is 9.01. The van der Waals surface area contributed by atoms with Crippen molar-refractivity contribution >= 4 is 78.8 Å². The number of hydrogen-bond acceptors (Lipinski definition) is 4. The van der Waals surface area contributed by atoms with E-state index in [1.54, 1.807) is 42.5 Å². The smallest absolute Gasteiger partial charge is 0.271 e. The van der Waals surface area contributed by atoms with Gasteiger partial charge < -0.3 is 9.47 Å². The lowest BCUT2D eigenvalue weighted by Gasteiger charge is -2.15. The van der Waals surface area contributed by atoms with Crippen molar-refractivity contribution in [2.45, 2.75) is 6.61 Å². The number of benzene rings is 3. The lowest BCUT2D eigenvalue weighted by molar-refractivity contribution is 0.0955. The van der Waals surface area contributed by atoms with E-state index in [4.69, 9.17) is 44.3 Å². The predicted octanol–water partition coefficient (Wildman–Crippen LogP) is 7.52. The molecule has 0 atom stereocenters. The molecule has 0 radical (unpaired) electrons. The van der Waals surface area contributed by atoms with Crippen LogP contribution in [-0.2, 0) is 6.61 Å². The Labute approximate surface area is 216 Å². The van der Waals surface area contributed by atoms with E-state index in [2.05, 4.69) is 42.4 Å². The third kappa shape index (κ3) is 6.17. The number of carbonyl (C=O) groups is 1. The van der Waals surface area contributed by atoms with E-state index in [0.29, 0.717) is 46.6 Å². The van der Waals surface area contributed by atoms with Crippen LogP contribution in [0.1, 0.15) is 21.5 Å². The van der Waals surface area contributed by atoms with Crippen LogP contribution in [0.5, 0.6) is 11.5 Å². The average molecular weight is 622 g/mol. The van der Waals surface area contributed by atoms with E-state index in [-0.39, 0.29) is 12.5 Å². The van der Waals surface area contributed by atoms with Gasteiger partial charge in [-0.2, -0.15) is 5.10 Å². The van der Waals surface area contributed by atoms with Gasteiger partial charge in [-0.05, 0) is 73.8 Å². The van der Waals surface area contributed by atoms with E-state index in [0.717, 1.165) is 5.56 Å². The molecule has 32 heavy (non-hydrogen) atoms. The molecule has 0 aromatic heterocycles. The number of halogens is 5. The van der Waals surface area contributed by atoms with Gasteiger partial charge in [-0.1, -0.05) is 46.9 Å². The van der Waals surface area contributed by atoms with Gasteiger partial charge in [-0.25, -0.2) is 5.43 Å². The molecule has 10 heteroatoms. The molecule has 0 saturated carbocycles. The normalized spacial score (nSPS) is 10.9. The van der Waals surface area contributed by atoms with Crippen LogP contribution in [0.25, 0.3) is 0 Å². The van der Waals surface area contributed by atoms with Gasteiger partial charge in [0.15, 0.2) is 11.5 Å². The number of hydrazone groups is 1. The molecule has 3 aromatic carbocycles. The molecular weight excluding hydrogens is 606 g/mol. The minimum Gasteiger partial charge on any atom is -0.493 e. The number of rotatable bonds is 7. The highest BCUT2D eigenvalue weighted by atomic mass is 79.9. The van der Waals surface area contributed by atoms with Crippen molar-refractivity contribution in [1.82, 2.24) is 5.43 Å². The van der Waals surface area contributed by atoms with Gasteiger partial charge in [-0.3, -0.25) is 4.79 Å². The maximum absolute atomic E-state index is 12.2. The van der Waals surface area contributed by atoms with E-state index < -0.39 is 0 Å². The maximum atomic E-state index is 12.2. The fourth-order valence-corrected chi connectivity index (χ4v) is 4.07. The van der Waals surface area contributed by atoms with Crippen molar-refractivity contribution in [2.75, 3.05) is 7.11 Å². The monoisotopic (exact) mass is 618 g/mol. The van der Waals surface area contributed by atoms with Crippen LogP contribution in [0, 0.1) is 0 Å². The Kier molecular flexibility index (Phi) is 8.85. The van der Waals surface area contributed by atoms with E-state index in [9.17, 15) is 4.79 Å². The second-order valence-electron chi connectivity index (χ2n) is 6.37. The number of nitrogens with zero attached hydrogens (tertiary/aromatic N) is 1. The number of nitrogens with one attached hydrogen (secondary N) is 1. The number of carbonyl (C=O) groups excluding carboxylic acids is 1. The molecule has 0 aliphatic rings. The Morgan fingerprint density at radius 3 is 2.53 bits per heavy atom. The highest BCUT2D eigenvalue weighted by molar-refractivity contribution is 9.13. The highest BCUT2D eigenvalue weighted by Crippen LogP contribution is 2.42. The summed E-state index contributed by atoms with van der Waals surface area (Å²) in [6.45, 7) is 0.251.